The number of carbonyl (C=O) groups is 1. The van der Waals surface area contributed by atoms with Gasteiger partial charge in [0.25, 0.3) is 5.91 Å². The number of para-hydroxylation sites is 2. The summed E-state index contributed by atoms with van der Waals surface area (Å²) in [4.78, 5) is 15.6. The second-order valence-corrected chi connectivity index (χ2v) is 5.16. The number of benzene rings is 2. The maximum absolute atomic E-state index is 12.3. The van der Waals surface area contributed by atoms with Gasteiger partial charge in [0, 0.05) is 5.69 Å². The van der Waals surface area contributed by atoms with E-state index < -0.39 is 0 Å². The van der Waals surface area contributed by atoms with Crippen molar-refractivity contribution in [1.82, 2.24) is 0 Å². The fourth-order valence-electron chi connectivity index (χ4n) is 2.18. The van der Waals surface area contributed by atoms with Gasteiger partial charge in [-0.3, -0.25) is 9.69 Å². The molecule has 2 aromatic rings. The molecule has 0 aliphatic carbocycles. The van der Waals surface area contributed by atoms with Crippen molar-refractivity contribution in [3.8, 4) is 0 Å². The van der Waals surface area contributed by atoms with Crippen LogP contribution in [0.1, 0.15) is 0 Å². The van der Waals surface area contributed by atoms with E-state index in [1.54, 1.807) is 17.0 Å². The zero-order valence-electron chi connectivity index (χ0n) is 10.5. The van der Waals surface area contributed by atoms with E-state index >= 15 is 0 Å². The number of rotatable bonds is 2. The second-order valence-electron chi connectivity index (χ2n) is 4.38. The Morgan fingerprint density at radius 2 is 1.65 bits per heavy atom. The van der Waals surface area contributed by atoms with Crippen molar-refractivity contribution in [2.45, 2.75) is 0 Å². The average Bonchev–Trinajstić information content (AvgIpc) is 2.76. The predicted molar refractivity (Wildman–Crippen MR) is 85.3 cm³/mol. The number of carbonyl (C=O) groups excluding carboxylic acids is 1. The van der Waals surface area contributed by atoms with Crippen molar-refractivity contribution >= 4 is 46.2 Å². The maximum Gasteiger partial charge on any atom is 0.253 e. The largest absolute Gasteiger partial charge is 0.309 e. The lowest BCUT2D eigenvalue weighted by atomic mass is 10.3. The molecule has 3 nitrogen and oxygen atoms in total. The predicted octanol–water partition coefficient (Wildman–Crippen LogP) is 3.48. The van der Waals surface area contributed by atoms with Gasteiger partial charge in [-0.1, -0.05) is 41.9 Å². The maximum atomic E-state index is 12.3. The Hall–Kier alpha value is -1.91. The first-order chi connectivity index (χ1) is 9.68. The first-order valence-corrected chi connectivity index (χ1v) is 6.91. The van der Waals surface area contributed by atoms with Crippen molar-refractivity contribution in [3.05, 3.63) is 59.6 Å². The highest BCUT2D eigenvalue weighted by molar-refractivity contribution is 7.81. The van der Waals surface area contributed by atoms with Gasteiger partial charge in [0.2, 0.25) is 0 Å². The highest BCUT2D eigenvalue weighted by Gasteiger charge is 2.35. The summed E-state index contributed by atoms with van der Waals surface area (Å²) in [5.74, 6) is -0.0769. The summed E-state index contributed by atoms with van der Waals surface area (Å²) in [6.45, 7) is 0.230. The Balaban J connectivity index is 1.98. The molecular formula is C15H11ClN2OS. The van der Waals surface area contributed by atoms with Crippen molar-refractivity contribution in [1.29, 1.82) is 0 Å². The van der Waals surface area contributed by atoms with Gasteiger partial charge in [-0.25, -0.2) is 0 Å². The Morgan fingerprint density at radius 3 is 2.35 bits per heavy atom. The van der Waals surface area contributed by atoms with Crippen LogP contribution in [-0.4, -0.2) is 17.6 Å². The van der Waals surface area contributed by atoms with Crippen LogP contribution in [0, 0.1) is 0 Å². The van der Waals surface area contributed by atoms with Crippen LogP contribution in [0.25, 0.3) is 0 Å². The quantitative estimate of drug-likeness (QED) is 0.794. The van der Waals surface area contributed by atoms with Crippen LogP contribution in [0.4, 0.5) is 11.4 Å². The lowest BCUT2D eigenvalue weighted by molar-refractivity contribution is -0.115. The Kier molecular flexibility index (Phi) is 3.42. The normalized spacial score (nSPS) is 15.1. The van der Waals surface area contributed by atoms with Crippen LogP contribution in [0.5, 0.6) is 0 Å². The molecule has 1 saturated heterocycles. The number of thiocarbonyl (C=S) groups is 1. The molecule has 1 fully saturated rings. The molecule has 0 aromatic heterocycles. The first kappa shape index (κ1) is 13.1. The standard InChI is InChI=1S/C15H11ClN2OS/c16-12-8-4-5-9-13(12)18-14(19)10-17(15(18)20)11-6-2-1-3-7-11/h1-9H,10H2. The fraction of sp³-hybridized carbons (Fsp3) is 0.0667. The molecule has 100 valence electrons. The molecule has 0 spiro atoms. The van der Waals surface area contributed by atoms with Gasteiger partial charge in [0.1, 0.15) is 6.54 Å². The van der Waals surface area contributed by atoms with E-state index in [1.807, 2.05) is 42.5 Å². The number of anilines is 2. The second kappa shape index (κ2) is 5.23. The van der Waals surface area contributed by atoms with E-state index in [-0.39, 0.29) is 12.5 Å². The van der Waals surface area contributed by atoms with Gasteiger partial charge in [0.05, 0.1) is 10.7 Å². The van der Waals surface area contributed by atoms with Gasteiger partial charge >= 0.3 is 0 Å². The molecule has 1 aliphatic rings. The first-order valence-electron chi connectivity index (χ1n) is 6.12. The third-order valence-electron chi connectivity index (χ3n) is 3.13. The fourth-order valence-corrected chi connectivity index (χ4v) is 2.77. The van der Waals surface area contributed by atoms with Crippen molar-refractivity contribution < 1.29 is 4.79 Å². The summed E-state index contributed by atoms with van der Waals surface area (Å²) >= 11 is 11.6. The topological polar surface area (TPSA) is 23.6 Å². The third kappa shape index (κ3) is 2.17. The lowest BCUT2D eigenvalue weighted by Crippen LogP contribution is -2.32. The summed E-state index contributed by atoms with van der Waals surface area (Å²) in [5, 5.41) is 0.965. The van der Waals surface area contributed by atoms with Gasteiger partial charge in [-0.05, 0) is 36.5 Å². The van der Waals surface area contributed by atoms with Crippen LogP contribution < -0.4 is 9.80 Å². The average molecular weight is 303 g/mol. The van der Waals surface area contributed by atoms with Crippen molar-refractivity contribution in [3.63, 3.8) is 0 Å². The monoisotopic (exact) mass is 302 g/mol. The minimum absolute atomic E-state index is 0.0769. The molecule has 0 saturated carbocycles. The lowest BCUT2D eigenvalue weighted by Gasteiger charge is -2.21. The molecule has 2 aromatic carbocycles. The van der Waals surface area contributed by atoms with Gasteiger partial charge in [0.15, 0.2) is 5.11 Å². The highest BCUT2D eigenvalue weighted by atomic mass is 35.5. The molecule has 1 amide bonds. The van der Waals surface area contributed by atoms with Crippen molar-refractivity contribution in [2.75, 3.05) is 16.3 Å². The summed E-state index contributed by atoms with van der Waals surface area (Å²) in [5.41, 5.74) is 1.53. The van der Waals surface area contributed by atoms with Crippen LogP contribution >= 0.6 is 23.8 Å². The minimum Gasteiger partial charge on any atom is -0.309 e. The number of amides is 1. The molecule has 0 radical (unpaired) electrons. The summed E-state index contributed by atoms with van der Waals surface area (Å²) < 4.78 is 0. The van der Waals surface area contributed by atoms with Crippen LogP contribution in [0.3, 0.4) is 0 Å². The molecular weight excluding hydrogens is 292 g/mol. The molecule has 0 unspecified atom stereocenters. The Bertz CT molecular complexity index is 675. The van der Waals surface area contributed by atoms with Gasteiger partial charge < -0.3 is 4.90 Å². The number of hydrogen-bond acceptors (Lipinski definition) is 2. The van der Waals surface area contributed by atoms with Gasteiger partial charge in [-0.2, -0.15) is 0 Å². The SMILES string of the molecule is O=C1CN(c2ccccc2)C(=S)N1c1ccccc1Cl. The Labute approximate surface area is 127 Å². The molecule has 1 aliphatic heterocycles. The van der Waals surface area contributed by atoms with Gasteiger partial charge in [-0.15, -0.1) is 0 Å². The molecule has 1 heterocycles. The summed E-state index contributed by atoms with van der Waals surface area (Å²) in [7, 11) is 0. The summed E-state index contributed by atoms with van der Waals surface area (Å²) in [6.07, 6.45) is 0. The van der Waals surface area contributed by atoms with Crippen LogP contribution in [0.15, 0.2) is 54.6 Å². The Morgan fingerprint density at radius 1 is 1.00 bits per heavy atom. The van der Waals surface area contributed by atoms with E-state index in [4.69, 9.17) is 23.8 Å². The third-order valence-corrected chi connectivity index (χ3v) is 3.85. The number of hydrogen-bond donors (Lipinski definition) is 0. The minimum atomic E-state index is -0.0769. The number of nitrogens with zero attached hydrogens (tertiary/aromatic N) is 2. The highest BCUT2D eigenvalue weighted by Crippen LogP contribution is 2.31. The van der Waals surface area contributed by atoms with E-state index in [0.29, 0.717) is 15.8 Å². The smallest absolute Gasteiger partial charge is 0.253 e. The van der Waals surface area contributed by atoms with E-state index in [1.165, 1.54) is 4.90 Å². The number of halogens is 1. The molecule has 0 bridgehead atoms. The zero-order valence-corrected chi connectivity index (χ0v) is 12.1. The van der Waals surface area contributed by atoms with Crippen LogP contribution in [0.2, 0.25) is 5.02 Å². The van der Waals surface area contributed by atoms with E-state index in [2.05, 4.69) is 0 Å². The van der Waals surface area contributed by atoms with E-state index in [9.17, 15) is 4.79 Å². The van der Waals surface area contributed by atoms with Crippen LogP contribution in [-0.2, 0) is 4.79 Å². The molecule has 0 N–H and O–H groups in total. The molecule has 3 rings (SSSR count). The molecule has 5 heteroatoms. The summed E-state index contributed by atoms with van der Waals surface area (Å²) in [6, 6.07) is 16.8. The molecule has 20 heavy (non-hydrogen) atoms. The molecule has 0 atom stereocenters. The van der Waals surface area contributed by atoms with Crippen molar-refractivity contribution in [2.24, 2.45) is 0 Å². The van der Waals surface area contributed by atoms with E-state index in [0.717, 1.165) is 5.69 Å². The zero-order chi connectivity index (χ0) is 14.1.